The van der Waals surface area contributed by atoms with Gasteiger partial charge in [0, 0.05) is 0 Å². The van der Waals surface area contributed by atoms with E-state index in [1.807, 2.05) is 6.92 Å². The Labute approximate surface area is 54.1 Å². The summed E-state index contributed by atoms with van der Waals surface area (Å²) in [5.74, 6) is 0.145. The highest BCUT2D eigenvalue weighted by Gasteiger charge is 2.36. The van der Waals surface area contributed by atoms with Gasteiger partial charge in [-0.25, -0.2) is 0 Å². The van der Waals surface area contributed by atoms with E-state index in [9.17, 15) is 4.79 Å². The van der Waals surface area contributed by atoms with Crippen LogP contribution in [0.3, 0.4) is 0 Å². The van der Waals surface area contributed by atoms with Crippen molar-refractivity contribution in [2.75, 3.05) is 6.61 Å². The Balaban J connectivity index is 2.38. The second-order valence-electron chi connectivity index (χ2n) is 2.31. The zero-order chi connectivity index (χ0) is 6.85. The summed E-state index contributed by atoms with van der Waals surface area (Å²) >= 11 is 0. The molecule has 1 saturated heterocycles. The van der Waals surface area contributed by atoms with Crippen molar-refractivity contribution in [1.82, 2.24) is 5.32 Å². The molecule has 3 heteroatoms. The molecular weight excluding hydrogens is 118 g/mol. The van der Waals surface area contributed by atoms with Crippen LogP contribution in [0, 0.1) is 5.92 Å². The number of amides is 1. The molecule has 0 saturated carbocycles. The summed E-state index contributed by atoms with van der Waals surface area (Å²) in [5.41, 5.74) is 0. The smallest absolute Gasteiger partial charge is 0.225 e. The fourth-order valence-electron chi connectivity index (χ4n) is 1.12. The summed E-state index contributed by atoms with van der Waals surface area (Å²) in [6.45, 7) is 2.02. The standard InChI is InChI=1S/C6H11NO2/c1-2-4-5(3-8)7-6(4)9/h4-5,8H,2-3H2,1H3,(H,7,9). The van der Waals surface area contributed by atoms with Crippen LogP contribution in [0.4, 0.5) is 0 Å². The summed E-state index contributed by atoms with van der Waals surface area (Å²) in [6, 6.07) is 0.0301. The number of aliphatic hydroxyl groups is 1. The van der Waals surface area contributed by atoms with Crippen molar-refractivity contribution in [3.63, 3.8) is 0 Å². The molecule has 0 bridgehead atoms. The van der Waals surface area contributed by atoms with Gasteiger partial charge in [-0.2, -0.15) is 0 Å². The van der Waals surface area contributed by atoms with E-state index in [1.165, 1.54) is 0 Å². The monoisotopic (exact) mass is 129 g/mol. The van der Waals surface area contributed by atoms with E-state index in [-0.39, 0.29) is 24.5 Å². The minimum atomic E-state index is 0.0301. The first kappa shape index (κ1) is 6.55. The third kappa shape index (κ3) is 0.920. The van der Waals surface area contributed by atoms with Crippen LogP contribution in [-0.4, -0.2) is 23.7 Å². The van der Waals surface area contributed by atoms with E-state index in [2.05, 4.69) is 5.32 Å². The predicted molar refractivity (Wildman–Crippen MR) is 32.8 cm³/mol. The Morgan fingerprint density at radius 2 is 2.44 bits per heavy atom. The summed E-state index contributed by atoms with van der Waals surface area (Å²) in [6.07, 6.45) is 0.830. The first-order valence-corrected chi connectivity index (χ1v) is 3.20. The molecule has 0 spiro atoms. The van der Waals surface area contributed by atoms with Gasteiger partial charge < -0.3 is 10.4 Å². The third-order valence-electron chi connectivity index (χ3n) is 1.79. The zero-order valence-corrected chi connectivity index (χ0v) is 5.42. The Hall–Kier alpha value is -0.570. The van der Waals surface area contributed by atoms with E-state index in [4.69, 9.17) is 5.11 Å². The predicted octanol–water partition coefficient (Wildman–Crippen LogP) is -0.497. The lowest BCUT2D eigenvalue weighted by Gasteiger charge is -2.34. The lowest BCUT2D eigenvalue weighted by molar-refractivity contribution is -0.136. The lowest BCUT2D eigenvalue weighted by Crippen LogP contribution is -2.59. The van der Waals surface area contributed by atoms with Gasteiger partial charge in [-0.1, -0.05) is 6.92 Å². The number of aliphatic hydroxyl groups excluding tert-OH is 1. The second kappa shape index (κ2) is 2.35. The largest absolute Gasteiger partial charge is 0.394 e. The molecule has 0 aromatic rings. The highest BCUT2D eigenvalue weighted by molar-refractivity contribution is 5.85. The first-order chi connectivity index (χ1) is 4.29. The number of carbonyl (C=O) groups excluding carboxylic acids is 1. The average molecular weight is 129 g/mol. The topological polar surface area (TPSA) is 49.3 Å². The fraction of sp³-hybridized carbons (Fsp3) is 0.833. The molecule has 3 nitrogen and oxygen atoms in total. The molecule has 0 radical (unpaired) electrons. The Morgan fingerprint density at radius 3 is 2.67 bits per heavy atom. The molecule has 1 amide bonds. The Kier molecular flexibility index (Phi) is 1.71. The van der Waals surface area contributed by atoms with Gasteiger partial charge in [-0.05, 0) is 6.42 Å². The maximum atomic E-state index is 10.6. The summed E-state index contributed by atoms with van der Waals surface area (Å²) in [5, 5.41) is 11.2. The molecular formula is C6H11NO2. The molecule has 52 valence electrons. The second-order valence-corrected chi connectivity index (χ2v) is 2.31. The SMILES string of the molecule is CCC1C(=O)NC1CO. The molecule has 1 aliphatic heterocycles. The van der Waals surface area contributed by atoms with Gasteiger partial charge in [-0.3, -0.25) is 4.79 Å². The molecule has 2 N–H and O–H groups in total. The molecule has 0 aliphatic carbocycles. The van der Waals surface area contributed by atoms with Crippen molar-refractivity contribution in [3.8, 4) is 0 Å². The van der Waals surface area contributed by atoms with Crippen LogP contribution in [0.15, 0.2) is 0 Å². The quantitative estimate of drug-likeness (QED) is 0.494. The molecule has 2 atom stereocenters. The molecule has 1 fully saturated rings. The van der Waals surface area contributed by atoms with E-state index < -0.39 is 0 Å². The van der Waals surface area contributed by atoms with Crippen molar-refractivity contribution in [2.45, 2.75) is 19.4 Å². The molecule has 2 unspecified atom stereocenters. The van der Waals surface area contributed by atoms with Crippen molar-refractivity contribution < 1.29 is 9.90 Å². The van der Waals surface area contributed by atoms with E-state index in [1.54, 1.807) is 0 Å². The minimum absolute atomic E-state index is 0.0301. The van der Waals surface area contributed by atoms with E-state index in [0.29, 0.717) is 0 Å². The van der Waals surface area contributed by atoms with Gasteiger partial charge in [0.05, 0.1) is 18.6 Å². The Bertz CT molecular complexity index is 124. The molecule has 1 rings (SSSR count). The van der Waals surface area contributed by atoms with Gasteiger partial charge in [0.2, 0.25) is 5.91 Å². The highest BCUT2D eigenvalue weighted by atomic mass is 16.3. The van der Waals surface area contributed by atoms with Crippen LogP contribution in [0.1, 0.15) is 13.3 Å². The highest BCUT2D eigenvalue weighted by Crippen LogP contribution is 2.17. The Morgan fingerprint density at radius 1 is 1.78 bits per heavy atom. The lowest BCUT2D eigenvalue weighted by atomic mass is 9.89. The number of nitrogens with one attached hydrogen (secondary N) is 1. The molecule has 0 aromatic heterocycles. The van der Waals surface area contributed by atoms with Crippen LogP contribution in [0.2, 0.25) is 0 Å². The van der Waals surface area contributed by atoms with Crippen LogP contribution < -0.4 is 5.32 Å². The van der Waals surface area contributed by atoms with Gasteiger partial charge >= 0.3 is 0 Å². The van der Waals surface area contributed by atoms with Crippen LogP contribution in [0.25, 0.3) is 0 Å². The third-order valence-corrected chi connectivity index (χ3v) is 1.79. The summed E-state index contributed by atoms with van der Waals surface area (Å²) < 4.78 is 0. The summed E-state index contributed by atoms with van der Waals surface area (Å²) in [7, 11) is 0. The van der Waals surface area contributed by atoms with Crippen molar-refractivity contribution in [1.29, 1.82) is 0 Å². The fourth-order valence-corrected chi connectivity index (χ4v) is 1.12. The van der Waals surface area contributed by atoms with Crippen molar-refractivity contribution in [3.05, 3.63) is 0 Å². The van der Waals surface area contributed by atoms with E-state index >= 15 is 0 Å². The van der Waals surface area contributed by atoms with Gasteiger partial charge in [-0.15, -0.1) is 0 Å². The maximum absolute atomic E-state index is 10.6. The number of carbonyl (C=O) groups is 1. The van der Waals surface area contributed by atoms with Gasteiger partial charge in [0.1, 0.15) is 0 Å². The molecule has 9 heavy (non-hydrogen) atoms. The minimum Gasteiger partial charge on any atom is -0.394 e. The normalized spacial score (nSPS) is 33.3. The first-order valence-electron chi connectivity index (χ1n) is 3.20. The van der Waals surface area contributed by atoms with Crippen LogP contribution >= 0.6 is 0 Å². The molecule has 1 aliphatic rings. The maximum Gasteiger partial charge on any atom is 0.225 e. The van der Waals surface area contributed by atoms with Crippen molar-refractivity contribution in [2.24, 2.45) is 5.92 Å². The number of rotatable bonds is 2. The number of β-lactam (4-membered cyclic amide) rings is 1. The van der Waals surface area contributed by atoms with Crippen LogP contribution in [0.5, 0.6) is 0 Å². The number of hydrogen-bond donors (Lipinski definition) is 2. The molecule has 0 aromatic carbocycles. The summed E-state index contributed by atoms with van der Waals surface area (Å²) in [4.78, 5) is 10.6. The van der Waals surface area contributed by atoms with Crippen molar-refractivity contribution >= 4 is 5.91 Å². The van der Waals surface area contributed by atoms with Crippen LogP contribution in [-0.2, 0) is 4.79 Å². The number of hydrogen-bond acceptors (Lipinski definition) is 2. The van der Waals surface area contributed by atoms with Gasteiger partial charge in [0.15, 0.2) is 0 Å². The zero-order valence-electron chi connectivity index (χ0n) is 5.42. The average Bonchev–Trinajstić information content (AvgIpc) is 1.83. The van der Waals surface area contributed by atoms with E-state index in [0.717, 1.165) is 6.42 Å². The molecule has 1 heterocycles. The van der Waals surface area contributed by atoms with Gasteiger partial charge in [0.25, 0.3) is 0 Å².